The maximum Gasteiger partial charge on any atom is 0.425 e. The van der Waals surface area contributed by atoms with Crippen LogP contribution < -0.4 is 0 Å². The summed E-state index contributed by atoms with van der Waals surface area (Å²) in [5, 5.41) is 10.8. The Hall–Kier alpha value is -2.40. The van der Waals surface area contributed by atoms with Gasteiger partial charge in [-0.25, -0.2) is 0 Å². The second-order valence-electron chi connectivity index (χ2n) is 6.08. The molecule has 2 rings (SSSR count). The second kappa shape index (κ2) is 8.32. The monoisotopic (exact) mass is 362 g/mol. The zero-order valence-electron chi connectivity index (χ0n) is 14.5. The minimum atomic E-state index is -4.95. The number of aliphatic hydroxyl groups is 1. The molecule has 0 saturated carbocycles. The fourth-order valence-electron chi connectivity index (χ4n) is 2.78. The molecule has 5 heteroatoms. The van der Waals surface area contributed by atoms with Crippen molar-refractivity contribution in [1.29, 1.82) is 0 Å². The fourth-order valence-corrected chi connectivity index (χ4v) is 2.78. The molecule has 0 aliphatic carbocycles. The van der Waals surface area contributed by atoms with Gasteiger partial charge in [-0.2, -0.15) is 13.2 Å². The summed E-state index contributed by atoms with van der Waals surface area (Å²) >= 11 is 0. The van der Waals surface area contributed by atoms with Crippen LogP contribution in [-0.4, -0.2) is 17.1 Å². The number of halogens is 3. The van der Waals surface area contributed by atoms with E-state index in [1.54, 1.807) is 24.3 Å². The molecular formula is C21H21F3O2. The van der Waals surface area contributed by atoms with Crippen molar-refractivity contribution in [3.63, 3.8) is 0 Å². The number of alkyl halides is 3. The standard InChI is InChI=1S/C21H21F3O2/c1-2-3-12-18(15-19(25)16-10-6-4-7-11-16)20(26,21(22,23)24)17-13-8-5-9-14-17/h4-11,13-15,26H,2-3,12H2,1H3/b18-15+. The topological polar surface area (TPSA) is 37.3 Å². The molecule has 2 aromatic carbocycles. The van der Waals surface area contributed by atoms with Crippen LogP contribution >= 0.6 is 0 Å². The minimum absolute atomic E-state index is 0.0278. The van der Waals surface area contributed by atoms with Crippen LogP contribution in [0.25, 0.3) is 0 Å². The van der Waals surface area contributed by atoms with Gasteiger partial charge in [0, 0.05) is 5.56 Å². The summed E-state index contributed by atoms with van der Waals surface area (Å²) in [6.45, 7) is 1.84. The minimum Gasteiger partial charge on any atom is -0.372 e. The molecule has 26 heavy (non-hydrogen) atoms. The molecule has 0 radical (unpaired) electrons. The quantitative estimate of drug-likeness (QED) is 0.526. The van der Waals surface area contributed by atoms with Gasteiger partial charge in [0.05, 0.1) is 0 Å². The summed E-state index contributed by atoms with van der Waals surface area (Å²) in [5.74, 6) is -0.560. The third-order valence-electron chi connectivity index (χ3n) is 4.23. The average Bonchev–Trinajstić information content (AvgIpc) is 2.64. The maximum absolute atomic E-state index is 13.9. The van der Waals surface area contributed by atoms with E-state index < -0.39 is 17.6 Å². The van der Waals surface area contributed by atoms with Crippen molar-refractivity contribution in [3.8, 4) is 0 Å². The molecule has 2 aromatic rings. The van der Waals surface area contributed by atoms with Gasteiger partial charge >= 0.3 is 6.18 Å². The second-order valence-corrected chi connectivity index (χ2v) is 6.08. The highest BCUT2D eigenvalue weighted by Crippen LogP contribution is 2.46. The predicted molar refractivity (Wildman–Crippen MR) is 94.8 cm³/mol. The van der Waals surface area contributed by atoms with E-state index in [-0.39, 0.29) is 23.1 Å². The van der Waals surface area contributed by atoms with Gasteiger partial charge in [0.15, 0.2) is 5.78 Å². The molecule has 0 aliphatic rings. The maximum atomic E-state index is 13.9. The fraction of sp³-hybridized carbons (Fsp3) is 0.286. The van der Waals surface area contributed by atoms with Crippen molar-refractivity contribution < 1.29 is 23.1 Å². The Bertz CT molecular complexity index is 752. The van der Waals surface area contributed by atoms with E-state index in [2.05, 4.69) is 0 Å². The Kier molecular flexibility index (Phi) is 6.37. The Balaban J connectivity index is 2.57. The SMILES string of the molecule is CCCC/C(=C\C(=O)c1ccccc1)C(O)(c1ccccc1)C(F)(F)F. The molecule has 0 aromatic heterocycles. The van der Waals surface area contributed by atoms with Gasteiger partial charge in [-0.3, -0.25) is 4.79 Å². The van der Waals surface area contributed by atoms with Crippen LogP contribution in [0, 0.1) is 0 Å². The highest BCUT2D eigenvalue weighted by atomic mass is 19.4. The lowest BCUT2D eigenvalue weighted by Crippen LogP contribution is -2.44. The van der Waals surface area contributed by atoms with E-state index in [1.165, 1.54) is 36.4 Å². The van der Waals surface area contributed by atoms with Crippen LogP contribution in [0.15, 0.2) is 72.3 Å². The summed E-state index contributed by atoms with van der Waals surface area (Å²) in [4.78, 5) is 12.5. The van der Waals surface area contributed by atoms with Crippen molar-refractivity contribution in [2.24, 2.45) is 0 Å². The Labute approximate surface area is 151 Å². The van der Waals surface area contributed by atoms with Crippen molar-refractivity contribution in [1.82, 2.24) is 0 Å². The highest BCUT2D eigenvalue weighted by molar-refractivity contribution is 6.05. The number of carbonyl (C=O) groups is 1. The van der Waals surface area contributed by atoms with Gasteiger partial charge in [0.1, 0.15) is 0 Å². The summed E-state index contributed by atoms with van der Waals surface area (Å²) in [6.07, 6.45) is -2.98. The van der Waals surface area contributed by atoms with Gasteiger partial charge < -0.3 is 5.11 Å². The van der Waals surface area contributed by atoms with Crippen LogP contribution in [0.1, 0.15) is 42.1 Å². The van der Waals surface area contributed by atoms with Gasteiger partial charge in [0.2, 0.25) is 5.60 Å². The molecule has 1 N–H and O–H groups in total. The summed E-state index contributed by atoms with van der Waals surface area (Å²) < 4.78 is 41.8. The summed E-state index contributed by atoms with van der Waals surface area (Å²) in [6, 6.07) is 14.9. The van der Waals surface area contributed by atoms with E-state index in [0.717, 1.165) is 6.08 Å². The van der Waals surface area contributed by atoms with Crippen LogP contribution in [0.2, 0.25) is 0 Å². The van der Waals surface area contributed by atoms with Gasteiger partial charge in [0.25, 0.3) is 0 Å². The van der Waals surface area contributed by atoms with Crippen molar-refractivity contribution in [2.45, 2.75) is 38.0 Å². The lowest BCUT2D eigenvalue weighted by atomic mass is 9.81. The normalized spacial score (nSPS) is 14.7. The molecule has 1 atom stereocenters. The Morgan fingerprint density at radius 2 is 1.54 bits per heavy atom. The van der Waals surface area contributed by atoms with Crippen LogP contribution in [0.5, 0.6) is 0 Å². The van der Waals surface area contributed by atoms with Crippen LogP contribution in [-0.2, 0) is 5.60 Å². The Morgan fingerprint density at radius 3 is 2.04 bits per heavy atom. The third-order valence-corrected chi connectivity index (χ3v) is 4.23. The first-order chi connectivity index (χ1) is 12.3. The molecule has 138 valence electrons. The molecule has 0 fully saturated rings. The zero-order chi connectivity index (χ0) is 19.2. The first-order valence-corrected chi connectivity index (χ1v) is 8.45. The van der Waals surface area contributed by atoms with E-state index in [1.807, 2.05) is 6.92 Å². The number of benzene rings is 2. The summed E-state index contributed by atoms with van der Waals surface area (Å²) in [7, 11) is 0. The van der Waals surface area contributed by atoms with Crippen molar-refractivity contribution in [2.75, 3.05) is 0 Å². The largest absolute Gasteiger partial charge is 0.425 e. The number of carbonyl (C=O) groups excluding carboxylic acids is 1. The van der Waals surface area contributed by atoms with E-state index in [9.17, 15) is 23.1 Å². The molecule has 0 aliphatic heterocycles. The van der Waals surface area contributed by atoms with Crippen molar-refractivity contribution in [3.05, 3.63) is 83.4 Å². The van der Waals surface area contributed by atoms with Crippen molar-refractivity contribution >= 4 is 5.78 Å². The smallest absolute Gasteiger partial charge is 0.372 e. The first kappa shape index (κ1) is 19.9. The lowest BCUT2D eigenvalue weighted by molar-refractivity contribution is -0.250. The van der Waals surface area contributed by atoms with Crippen LogP contribution in [0.3, 0.4) is 0 Å². The number of allylic oxidation sites excluding steroid dienone is 1. The molecule has 2 nitrogen and oxygen atoms in total. The number of hydrogen-bond donors (Lipinski definition) is 1. The summed E-state index contributed by atoms with van der Waals surface area (Å²) in [5.41, 5.74) is -3.56. The molecule has 0 heterocycles. The molecular weight excluding hydrogens is 341 g/mol. The highest BCUT2D eigenvalue weighted by Gasteiger charge is 2.57. The number of hydrogen-bond acceptors (Lipinski definition) is 2. The van der Waals surface area contributed by atoms with Gasteiger partial charge in [-0.15, -0.1) is 0 Å². The molecule has 0 saturated heterocycles. The number of ketones is 1. The molecule has 0 spiro atoms. The zero-order valence-corrected chi connectivity index (χ0v) is 14.5. The Morgan fingerprint density at radius 1 is 1.00 bits per heavy atom. The molecule has 0 amide bonds. The predicted octanol–water partition coefficient (Wildman–Crippen LogP) is 5.44. The van der Waals surface area contributed by atoms with E-state index in [0.29, 0.717) is 12.8 Å². The number of rotatable bonds is 7. The van der Waals surface area contributed by atoms with E-state index in [4.69, 9.17) is 0 Å². The van der Waals surface area contributed by atoms with Crippen LogP contribution in [0.4, 0.5) is 13.2 Å². The number of unbranched alkanes of at least 4 members (excludes halogenated alkanes) is 1. The van der Waals surface area contributed by atoms with E-state index >= 15 is 0 Å². The van der Waals surface area contributed by atoms with Gasteiger partial charge in [-0.1, -0.05) is 74.0 Å². The molecule has 0 bridgehead atoms. The first-order valence-electron chi connectivity index (χ1n) is 8.45. The molecule has 1 unspecified atom stereocenters. The van der Waals surface area contributed by atoms with Gasteiger partial charge in [-0.05, 0) is 30.1 Å². The average molecular weight is 362 g/mol. The third kappa shape index (κ3) is 4.22. The lowest BCUT2D eigenvalue weighted by Gasteiger charge is -2.33.